The maximum Gasteiger partial charge on any atom is 1.00 e. The van der Waals surface area contributed by atoms with E-state index in [0.717, 1.165) is 0 Å². The first kappa shape index (κ1) is 14.9. The van der Waals surface area contributed by atoms with Crippen LogP contribution in [-0.4, -0.2) is 11.0 Å². The van der Waals surface area contributed by atoms with Gasteiger partial charge in [-0.05, 0) is 28.1 Å². The molecule has 1 heterocycles. The maximum atomic E-state index is 12.1. The normalized spacial score (nSPS) is 10.7. The van der Waals surface area contributed by atoms with E-state index in [4.69, 9.17) is 0 Å². The Bertz CT molecular complexity index is 383. The van der Waals surface area contributed by atoms with Crippen LogP contribution in [0.1, 0.15) is 16.1 Å². The zero-order valence-electron chi connectivity index (χ0n) is 7.43. The smallest absolute Gasteiger partial charge is 0.543 e. The van der Waals surface area contributed by atoms with E-state index in [1.165, 1.54) is 0 Å². The van der Waals surface area contributed by atoms with Crippen molar-refractivity contribution < 1.29 is 52.6 Å². The van der Waals surface area contributed by atoms with Crippen molar-refractivity contribution in [2.45, 2.75) is 6.18 Å². The van der Waals surface area contributed by atoms with E-state index in [1.807, 2.05) is 0 Å². The number of halogens is 4. The van der Waals surface area contributed by atoms with Crippen molar-refractivity contribution in [3.05, 3.63) is 28.0 Å². The van der Waals surface area contributed by atoms with Crippen LogP contribution < -0.4 is 34.7 Å². The topological polar surface area (TPSA) is 53.0 Å². The molecule has 0 amide bonds. The Morgan fingerprint density at radius 1 is 1.40 bits per heavy atom. The average Bonchev–Trinajstić information content (AvgIpc) is 2.01. The molecule has 0 saturated heterocycles. The van der Waals surface area contributed by atoms with Gasteiger partial charge in [0.1, 0.15) is 4.60 Å². The second-order valence-corrected chi connectivity index (χ2v) is 3.16. The monoisotopic (exact) mass is 291 g/mol. The Hall–Kier alpha value is -0.110. The number of hydrogen-bond acceptors (Lipinski definition) is 3. The third-order valence-electron chi connectivity index (χ3n) is 1.33. The summed E-state index contributed by atoms with van der Waals surface area (Å²) in [5.41, 5.74) is -1.84. The van der Waals surface area contributed by atoms with Gasteiger partial charge in [0, 0.05) is 0 Å². The fourth-order valence-electron chi connectivity index (χ4n) is 0.765. The molecule has 3 nitrogen and oxygen atoms in total. The van der Waals surface area contributed by atoms with Crippen LogP contribution in [0.3, 0.4) is 0 Å². The van der Waals surface area contributed by atoms with Crippen molar-refractivity contribution >= 4 is 21.9 Å². The first-order chi connectivity index (χ1) is 6.30. The number of alkyl halides is 3. The number of pyridine rings is 1. The third kappa shape index (κ3) is 4.10. The molecule has 0 atom stereocenters. The van der Waals surface area contributed by atoms with Crippen LogP contribution in [-0.2, 0) is 6.18 Å². The number of carboxylic acid groups (broad SMARTS) is 1. The number of carbonyl (C=O) groups is 1. The zero-order valence-corrected chi connectivity index (χ0v) is 11.0. The van der Waals surface area contributed by atoms with Gasteiger partial charge < -0.3 is 9.90 Å². The molecule has 0 unspecified atom stereocenters. The molecule has 8 heteroatoms. The molecular weight excluding hydrogens is 290 g/mol. The molecule has 0 aliphatic rings. The number of aromatic carboxylic acids is 1. The van der Waals surface area contributed by atoms with Gasteiger partial charge in [-0.25, -0.2) is 4.98 Å². The Labute approximate surface area is 113 Å². The van der Waals surface area contributed by atoms with Gasteiger partial charge in [0.05, 0.1) is 17.2 Å². The summed E-state index contributed by atoms with van der Waals surface area (Å²) < 4.78 is 36.2. The number of aromatic nitrogens is 1. The molecule has 0 aromatic carbocycles. The Morgan fingerprint density at radius 2 is 1.93 bits per heavy atom. The fraction of sp³-hybridized carbons (Fsp3) is 0.143. The molecule has 76 valence electrons. The van der Waals surface area contributed by atoms with Crippen LogP contribution in [0.25, 0.3) is 0 Å². The van der Waals surface area contributed by atoms with Crippen molar-refractivity contribution in [2.24, 2.45) is 0 Å². The molecule has 0 radical (unpaired) electrons. The van der Waals surface area contributed by atoms with Crippen molar-refractivity contribution in [1.82, 2.24) is 4.98 Å². The largest absolute Gasteiger partial charge is 1.00 e. The van der Waals surface area contributed by atoms with E-state index in [2.05, 4.69) is 20.9 Å². The van der Waals surface area contributed by atoms with Gasteiger partial charge in [-0.15, -0.1) is 0 Å². The number of carbonyl (C=O) groups excluding carboxylic acids is 1. The summed E-state index contributed by atoms with van der Waals surface area (Å²) in [6.07, 6.45) is -4.60. The Balaban J connectivity index is 0.00000196. The Morgan fingerprint density at radius 3 is 2.33 bits per heavy atom. The van der Waals surface area contributed by atoms with Crippen LogP contribution >= 0.6 is 15.9 Å². The van der Waals surface area contributed by atoms with E-state index in [0.29, 0.717) is 12.1 Å². The van der Waals surface area contributed by atoms with Crippen molar-refractivity contribution in [3.63, 3.8) is 0 Å². The van der Waals surface area contributed by atoms with E-state index in [-0.39, 0.29) is 34.2 Å². The average molecular weight is 292 g/mol. The van der Waals surface area contributed by atoms with Crippen LogP contribution in [0.5, 0.6) is 0 Å². The predicted molar refractivity (Wildman–Crippen MR) is 41.3 cm³/mol. The standard InChI is InChI=1S/C7H3BrF3NO2.Na/c8-5-2-3(7(9,10)11)1-4(12-5)6(13)14;/h1-2H,(H,13,14);/q;+1/p-1. The SMILES string of the molecule is O=C([O-])c1cc(C(F)(F)F)cc(Br)n1.[Na+]. The molecular formula is C7H2BrF3NNaO2. The number of hydrogen-bond donors (Lipinski definition) is 0. The molecule has 15 heavy (non-hydrogen) atoms. The molecule has 0 spiro atoms. The summed E-state index contributed by atoms with van der Waals surface area (Å²) in [5.74, 6) is -1.75. The van der Waals surface area contributed by atoms with E-state index >= 15 is 0 Å². The summed E-state index contributed by atoms with van der Waals surface area (Å²) in [5, 5.41) is 10.3. The van der Waals surface area contributed by atoms with Crippen molar-refractivity contribution in [2.75, 3.05) is 0 Å². The van der Waals surface area contributed by atoms with E-state index in [1.54, 1.807) is 0 Å². The number of carboxylic acids is 1. The van der Waals surface area contributed by atoms with Gasteiger partial charge in [0.25, 0.3) is 0 Å². The summed E-state index contributed by atoms with van der Waals surface area (Å²) >= 11 is 2.67. The number of nitrogens with zero attached hydrogens (tertiary/aromatic N) is 1. The summed E-state index contributed by atoms with van der Waals surface area (Å²) in [7, 11) is 0. The third-order valence-corrected chi connectivity index (χ3v) is 1.74. The van der Waals surface area contributed by atoms with Crippen molar-refractivity contribution in [3.8, 4) is 0 Å². The quantitative estimate of drug-likeness (QED) is 0.455. The zero-order chi connectivity index (χ0) is 10.9. The van der Waals surface area contributed by atoms with Crippen LogP contribution in [0.2, 0.25) is 0 Å². The van der Waals surface area contributed by atoms with E-state index < -0.39 is 23.4 Å². The van der Waals surface area contributed by atoms with E-state index in [9.17, 15) is 23.1 Å². The minimum absolute atomic E-state index is 0. The maximum absolute atomic E-state index is 12.1. The first-order valence-electron chi connectivity index (χ1n) is 3.27. The molecule has 0 bridgehead atoms. The second-order valence-electron chi connectivity index (χ2n) is 2.35. The molecule has 0 aliphatic heterocycles. The van der Waals surface area contributed by atoms with Gasteiger partial charge in [-0.1, -0.05) is 0 Å². The first-order valence-corrected chi connectivity index (χ1v) is 4.06. The van der Waals surface area contributed by atoms with Gasteiger partial charge >= 0.3 is 35.7 Å². The molecule has 1 aromatic rings. The number of rotatable bonds is 1. The van der Waals surface area contributed by atoms with Gasteiger partial charge in [0.15, 0.2) is 0 Å². The minimum atomic E-state index is -4.60. The molecule has 0 fully saturated rings. The summed E-state index contributed by atoms with van der Waals surface area (Å²) in [4.78, 5) is 13.6. The van der Waals surface area contributed by atoms with Gasteiger partial charge in [0.2, 0.25) is 0 Å². The van der Waals surface area contributed by atoms with Crippen LogP contribution in [0.15, 0.2) is 16.7 Å². The van der Waals surface area contributed by atoms with Gasteiger partial charge in [-0.2, -0.15) is 13.2 Å². The van der Waals surface area contributed by atoms with Crippen molar-refractivity contribution in [1.29, 1.82) is 0 Å². The Kier molecular flexibility index (Phi) is 5.25. The fourth-order valence-corrected chi connectivity index (χ4v) is 1.20. The van der Waals surface area contributed by atoms with Gasteiger partial charge in [-0.3, -0.25) is 0 Å². The summed E-state index contributed by atoms with van der Waals surface area (Å²) in [6, 6.07) is 1.10. The van der Waals surface area contributed by atoms with Crippen LogP contribution in [0.4, 0.5) is 13.2 Å². The summed E-state index contributed by atoms with van der Waals surface area (Å²) in [6.45, 7) is 0. The molecule has 0 N–H and O–H groups in total. The van der Waals surface area contributed by atoms with Crippen LogP contribution in [0, 0.1) is 0 Å². The molecule has 1 aromatic heterocycles. The molecule has 1 rings (SSSR count). The molecule has 0 aliphatic carbocycles. The second kappa shape index (κ2) is 5.29. The molecule has 0 saturated carbocycles. The minimum Gasteiger partial charge on any atom is -0.543 e. The predicted octanol–water partition coefficient (Wildman–Crippen LogP) is -1.77.